The van der Waals surface area contributed by atoms with Crippen molar-refractivity contribution in [1.82, 2.24) is 15.1 Å². The first kappa shape index (κ1) is 17.7. The van der Waals surface area contributed by atoms with Crippen LogP contribution in [0.2, 0.25) is 0 Å². The summed E-state index contributed by atoms with van der Waals surface area (Å²) in [6.07, 6.45) is 1.29. The molecule has 2 rings (SSSR count). The first-order chi connectivity index (χ1) is 11.3. The van der Waals surface area contributed by atoms with Gasteiger partial charge < -0.3 is 10.4 Å². The Morgan fingerprint density at radius 2 is 1.88 bits per heavy atom. The zero-order valence-electron chi connectivity index (χ0n) is 13.8. The molecule has 1 heterocycles. The largest absolute Gasteiger partial charge is 0.481 e. The normalized spacial score (nSPS) is 12.2. The Kier molecular flexibility index (Phi) is 5.33. The molecule has 1 aromatic heterocycles. The highest BCUT2D eigenvalue weighted by molar-refractivity contribution is 5.95. The van der Waals surface area contributed by atoms with E-state index in [4.69, 9.17) is 5.11 Å². The summed E-state index contributed by atoms with van der Waals surface area (Å²) >= 11 is 0. The maximum Gasteiger partial charge on any atom is 0.305 e. The fourth-order valence-corrected chi connectivity index (χ4v) is 2.49. The zero-order chi connectivity index (χ0) is 17.9. The number of rotatable bonds is 6. The molecule has 0 saturated carbocycles. The third-order valence-electron chi connectivity index (χ3n) is 3.53. The average Bonchev–Trinajstić information content (AvgIpc) is 2.92. The molecule has 0 radical (unpaired) electrons. The van der Waals surface area contributed by atoms with E-state index in [0.29, 0.717) is 16.9 Å². The summed E-state index contributed by atoms with van der Waals surface area (Å²) in [4.78, 5) is 23.2. The van der Waals surface area contributed by atoms with Crippen molar-refractivity contribution in [2.24, 2.45) is 0 Å². The molecule has 128 valence electrons. The van der Waals surface area contributed by atoms with Crippen molar-refractivity contribution in [3.8, 4) is 5.69 Å². The summed E-state index contributed by atoms with van der Waals surface area (Å²) < 4.78 is 14.7. The van der Waals surface area contributed by atoms with Gasteiger partial charge in [0, 0.05) is 6.04 Å². The Hall–Kier alpha value is -2.70. The molecule has 0 fully saturated rings. The lowest BCUT2D eigenvalue weighted by Gasteiger charge is -2.15. The van der Waals surface area contributed by atoms with Gasteiger partial charge in [0.1, 0.15) is 5.82 Å². The smallest absolute Gasteiger partial charge is 0.305 e. The van der Waals surface area contributed by atoms with Gasteiger partial charge in [0.2, 0.25) is 0 Å². The highest BCUT2D eigenvalue weighted by Gasteiger charge is 2.22. The van der Waals surface area contributed by atoms with Crippen LogP contribution in [0.4, 0.5) is 4.39 Å². The maximum absolute atomic E-state index is 13.1. The van der Waals surface area contributed by atoms with Crippen LogP contribution in [-0.2, 0) is 4.79 Å². The Labute approximate surface area is 139 Å². The van der Waals surface area contributed by atoms with Gasteiger partial charge >= 0.3 is 5.97 Å². The van der Waals surface area contributed by atoms with Gasteiger partial charge in [-0.05, 0) is 37.1 Å². The Bertz CT molecular complexity index is 738. The number of carbonyl (C=O) groups is 2. The number of aliphatic carboxylic acids is 1. The van der Waals surface area contributed by atoms with E-state index in [-0.39, 0.29) is 24.1 Å². The number of carboxylic acids is 1. The van der Waals surface area contributed by atoms with Gasteiger partial charge in [-0.3, -0.25) is 9.59 Å². The van der Waals surface area contributed by atoms with E-state index in [2.05, 4.69) is 10.4 Å². The van der Waals surface area contributed by atoms with E-state index in [1.54, 1.807) is 23.7 Å². The maximum atomic E-state index is 13.1. The van der Waals surface area contributed by atoms with Crippen LogP contribution >= 0.6 is 0 Å². The molecule has 1 atom stereocenters. The topological polar surface area (TPSA) is 84.2 Å². The summed E-state index contributed by atoms with van der Waals surface area (Å²) in [5.41, 5.74) is 1.71. The summed E-state index contributed by atoms with van der Waals surface area (Å²) in [5.74, 6) is -1.71. The second kappa shape index (κ2) is 7.25. The van der Waals surface area contributed by atoms with Crippen molar-refractivity contribution in [3.63, 3.8) is 0 Å². The van der Waals surface area contributed by atoms with Gasteiger partial charge in [-0.1, -0.05) is 13.8 Å². The molecule has 1 unspecified atom stereocenters. The van der Waals surface area contributed by atoms with Crippen molar-refractivity contribution in [1.29, 1.82) is 0 Å². The number of hydrogen-bond acceptors (Lipinski definition) is 3. The highest BCUT2D eigenvalue weighted by Crippen LogP contribution is 2.23. The monoisotopic (exact) mass is 333 g/mol. The quantitative estimate of drug-likeness (QED) is 0.851. The van der Waals surface area contributed by atoms with Crippen molar-refractivity contribution in [2.75, 3.05) is 0 Å². The molecule has 2 N–H and O–H groups in total. The molecule has 0 spiro atoms. The molecular weight excluding hydrogens is 313 g/mol. The fraction of sp³-hybridized carbons (Fsp3) is 0.353. The van der Waals surface area contributed by atoms with Crippen LogP contribution < -0.4 is 5.32 Å². The number of amides is 1. The fourth-order valence-electron chi connectivity index (χ4n) is 2.49. The SMILES string of the molecule is CC(CC(=O)O)NC(=O)c1cnn(-c2ccc(F)cc2)c1C(C)C. The number of nitrogens with one attached hydrogen (secondary N) is 1. The van der Waals surface area contributed by atoms with E-state index in [0.717, 1.165) is 0 Å². The van der Waals surface area contributed by atoms with Gasteiger partial charge in [0.25, 0.3) is 5.91 Å². The molecule has 1 amide bonds. The second-order valence-corrected chi connectivity index (χ2v) is 5.96. The number of benzene rings is 1. The summed E-state index contributed by atoms with van der Waals surface area (Å²) in [7, 11) is 0. The van der Waals surface area contributed by atoms with Crippen molar-refractivity contribution >= 4 is 11.9 Å². The third-order valence-corrected chi connectivity index (χ3v) is 3.53. The van der Waals surface area contributed by atoms with E-state index < -0.39 is 12.0 Å². The molecule has 6 nitrogen and oxygen atoms in total. The number of nitrogens with zero attached hydrogens (tertiary/aromatic N) is 2. The highest BCUT2D eigenvalue weighted by atomic mass is 19.1. The lowest BCUT2D eigenvalue weighted by molar-refractivity contribution is -0.137. The standard InChI is InChI=1S/C17H20FN3O3/c1-10(2)16-14(17(24)20-11(3)8-15(22)23)9-19-21(16)13-6-4-12(18)5-7-13/h4-7,9-11H,8H2,1-3H3,(H,20,24)(H,22,23). The molecule has 1 aromatic carbocycles. The zero-order valence-corrected chi connectivity index (χ0v) is 13.8. The first-order valence-electron chi connectivity index (χ1n) is 7.66. The molecule has 0 aliphatic carbocycles. The third kappa shape index (κ3) is 3.98. The minimum Gasteiger partial charge on any atom is -0.481 e. The predicted molar refractivity (Wildman–Crippen MR) is 86.8 cm³/mol. The van der Waals surface area contributed by atoms with Crippen LogP contribution in [0.25, 0.3) is 5.69 Å². The van der Waals surface area contributed by atoms with E-state index >= 15 is 0 Å². The molecule has 0 bridgehead atoms. The van der Waals surface area contributed by atoms with Gasteiger partial charge in [-0.25, -0.2) is 9.07 Å². The molecule has 7 heteroatoms. The van der Waals surface area contributed by atoms with Gasteiger partial charge in [-0.2, -0.15) is 5.10 Å². The number of aromatic nitrogens is 2. The number of halogens is 1. The molecule has 0 aliphatic rings. The second-order valence-electron chi connectivity index (χ2n) is 5.96. The van der Waals surface area contributed by atoms with E-state index in [1.807, 2.05) is 13.8 Å². The molecule has 0 aliphatic heterocycles. The summed E-state index contributed by atoms with van der Waals surface area (Å²) in [5, 5.41) is 15.7. The Balaban J connectivity index is 2.33. The van der Waals surface area contributed by atoms with E-state index in [1.165, 1.54) is 18.3 Å². The number of hydrogen-bond donors (Lipinski definition) is 2. The minimum atomic E-state index is -0.978. The lowest BCUT2D eigenvalue weighted by atomic mass is 10.0. The van der Waals surface area contributed by atoms with Crippen LogP contribution in [0.5, 0.6) is 0 Å². The van der Waals surface area contributed by atoms with Crippen molar-refractivity contribution in [2.45, 2.75) is 39.2 Å². The van der Waals surface area contributed by atoms with Crippen LogP contribution in [0.3, 0.4) is 0 Å². The van der Waals surface area contributed by atoms with E-state index in [9.17, 15) is 14.0 Å². The minimum absolute atomic E-state index is 0.00640. The van der Waals surface area contributed by atoms with Crippen LogP contribution in [0.1, 0.15) is 49.2 Å². The molecule has 2 aromatic rings. The van der Waals surface area contributed by atoms with Crippen LogP contribution in [0, 0.1) is 5.82 Å². The Morgan fingerprint density at radius 1 is 1.25 bits per heavy atom. The lowest BCUT2D eigenvalue weighted by Crippen LogP contribution is -2.34. The molecule has 0 saturated heterocycles. The van der Waals surface area contributed by atoms with Crippen molar-refractivity contribution in [3.05, 3.63) is 47.5 Å². The number of carbonyl (C=O) groups excluding carboxylic acids is 1. The Morgan fingerprint density at radius 3 is 2.42 bits per heavy atom. The van der Waals surface area contributed by atoms with Crippen LogP contribution in [-0.4, -0.2) is 32.8 Å². The predicted octanol–water partition coefficient (Wildman–Crippen LogP) is 2.73. The van der Waals surface area contributed by atoms with Gasteiger partial charge in [0.15, 0.2) is 0 Å². The van der Waals surface area contributed by atoms with Crippen molar-refractivity contribution < 1.29 is 19.1 Å². The first-order valence-corrected chi connectivity index (χ1v) is 7.66. The average molecular weight is 333 g/mol. The molecular formula is C17H20FN3O3. The molecule has 24 heavy (non-hydrogen) atoms. The van der Waals surface area contributed by atoms with Gasteiger partial charge in [-0.15, -0.1) is 0 Å². The number of carboxylic acid groups (broad SMARTS) is 1. The summed E-state index contributed by atoms with van der Waals surface area (Å²) in [6.45, 7) is 5.48. The van der Waals surface area contributed by atoms with Gasteiger partial charge in [0.05, 0.1) is 29.6 Å². The summed E-state index contributed by atoms with van der Waals surface area (Å²) in [6, 6.07) is 5.33. The van der Waals surface area contributed by atoms with Crippen LogP contribution in [0.15, 0.2) is 30.5 Å².